The summed E-state index contributed by atoms with van der Waals surface area (Å²) >= 11 is 0. The lowest BCUT2D eigenvalue weighted by Crippen LogP contribution is -2.37. The molecule has 0 atom stereocenters. The zero-order valence-electron chi connectivity index (χ0n) is 17.5. The second-order valence-corrected chi connectivity index (χ2v) is 9.51. The van der Waals surface area contributed by atoms with Crippen LogP contribution in [0, 0.1) is 5.41 Å². The third-order valence-corrected chi connectivity index (χ3v) is 6.65. The molecule has 0 radical (unpaired) electrons. The molecule has 1 aliphatic carbocycles. The number of rotatable bonds is 2. The first-order valence-electron chi connectivity index (χ1n) is 10.6. The van der Waals surface area contributed by atoms with Crippen LogP contribution in [0.5, 0.6) is 0 Å². The maximum atomic E-state index is 13.4. The maximum Gasteiger partial charge on any atom is 0.417 e. The lowest BCUT2D eigenvalue weighted by atomic mass is 9.69. The fraction of sp³-hybridized carbons (Fsp3) is 0.417. The molecule has 7 heteroatoms. The van der Waals surface area contributed by atoms with Gasteiger partial charge in [0.1, 0.15) is 11.3 Å². The molecule has 0 amide bonds. The van der Waals surface area contributed by atoms with Gasteiger partial charge in [-0.05, 0) is 60.4 Å². The number of hydrogen-bond acceptors (Lipinski definition) is 3. The van der Waals surface area contributed by atoms with Crippen LogP contribution in [0.15, 0.2) is 47.6 Å². The van der Waals surface area contributed by atoms with Gasteiger partial charge in [-0.2, -0.15) is 13.2 Å². The Bertz CT molecular complexity index is 1170. The van der Waals surface area contributed by atoms with Crippen molar-refractivity contribution in [3.8, 4) is 11.1 Å². The highest BCUT2D eigenvalue weighted by Crippen LogP contribution is 2.46. The molecule has 3 aromatic rings. The van der Waals surface area contributed by atoms with Gasteiger partial charge in [0.15, 0.2) is 5.82 Å². The predicted molar refractivity (Wildman–Crippen MR) is 114 cm³/mol. The van der Waals surface area contributed by atoms with Crippen LogP contribution >= 0.6 is 0 Å². The molecule has 0 bridgehead atoms. The molecule has 4 nitrogen and oxygen atoms in total. The van der Waals surface area contributed by atoms with Gasteiger partial charge < -0.3 is 9.82 Å². The van der Waals surface area contributed by atoms with Crippen LogP contribution in [-0.2, 0) is 11.0 Å². The fourth-order valence-electron chi connectivity index (χ4n) is 4.59. The average Bonchev–Trinajstić information content (AvgIpc) is 3.34. The minimum Gasteiger partial charge on any atom is -0.388 e. The van der Waals surface area contributed by atoms with Crippen LogP contribution in [0.1, 0.15) is 57.3 Å². The van der Waals surface area contributed by atoms with E-state index in [0.29, 0.717) is 28.7 Å². The monoisotopic (exact) mass is 427 g/mol. The summed E-state index contributed by atoms with van der Waals surface area (Å²) in [5.74, 6) is 0.623. The summed E-state index contributed by atoms with van der Waals surface area (Å²) in [6.07, 6.45) is 0.404. The number of halogens is 3. The Morgan fingerprint density at radius 3 is 2.48 bits per heavy atom. The molecule has 1 fully saturated rings. The third kappa shape index (κ3) is 3.70. The van der Waals surface area contributed by atoms with Gasteiger partial charge in [-0.1, -0.05) is 43.3 Å². The average molecular weight is 427 g/mol. The Balaban J connectivity index is 1.43. The van der Waals surface area contributed by atoms with E-state index in [2.05, 4.69) is 29.0 Å². The summed E-state index contributed by atoms with van der Waals surface area (Å²) in [5.41, 5.74) is 2.20. The predicted octanol–water partition coefficient (Wildman–Crippen LogP) is 6.71. The van der Waals surface area contributed by atoms with Crippen molar-refractivity contribution in [1.29, 1.82) is 0 Å². The number of nitrogens with one attached hydrogen (secondary N) is 1. The molecular weight excluding hydrogens is 403 g/mol. The molecular formula is C24H24F3N3O. The standard InChI is InChI=1S/C24H24F3N3O/c1-22(2)9-11-23(12-10-22)14-20(30-31-23)21-28-18-8-7-15(13-19(18)29-21)16-5-3-4-6-17(16)24(25,26)27/h3-8,13H,9-12,14H2,1-2H3,(H,28,29). The van der Waals surface area contributed by atoms with Gasteiger partial charge in [0.05, 0.1) is 16.6 Å². The van der Waals surface area contributed by atoms with E-state index >= 15 is 0 Å². The van der Waals surface area contributed by atoms with Crippen molar-refractivity contribution >= 4 is 16.7 Å². The molecule has 5 rings (SSSR count). The van der Waals surface area contributed by atoms with E-state index in [1.807, 2.05) is 0 Å². The summed E-state index contributed by atoms with van der Waals surface area (Å²) < 4.78 is 40.3. The number of alkyl halides is 3. The highest BCUT2D eigenvalue weighted by Gasteiger charge is 2.45. The summed E-state index contributed by atoms with van der Waals surface area (Å²) in [4.78, 5) is 13.8. The van der Waals surface area contributed by atoms with E-state index in [-0.39, 0.29) is 11.2 Å². The first kappa shape index (κ1) is 20.1. The van der Waals surface area contributed by atoms with Crippen molar-refractivity contribution in [3.63, 3.8) is 0 Å². The van der Waals surface area contributed by atoms with Crippen LogP contribution in [0.2, 0.25) is 0 Å². The third-order valence-electron chi connectivity index (χ3n) is 6.65. The Hall–Kier alpha value is -2.83. The van der Waals surface area contributed by atoms with Crippen molar-refractivity contribution < 1.29 is 18.0 Å². The van der Waals surface area contributed by atoms with Crippen LogP contribution in [0.25, 0.3) is 22.2 Å². The number of H-pyrrole nitrogens is 1. The summed E-state index contributed by atoms with van der Waals surface area (Å²) in [7, 11) is 0. The number of fused-ring (bicyclic) bond motifs is 1. The number of imidazole rings is 1. The molecule has 2 aromatic carbocycles. The number of nitrogens with zero attached hydrogens (tertiary/aromatic N) is 2. The fourth-order valence-corrected chi connectivity index (χ4v) is 4.59. The van der Waals surface area contributed by atoms with Gasteiger partial charge in [-0.15, -0.1) is 0 Å². The van der Waals surface area contributed by atoms with Crippen LogP contribution in [0.3, 0.4) is 0 Å². The summed E-state index contributed by atoms with van der Waals surface area (Å²) in [6, 6.07) is 10.7. The van der Waals surface area contributed by atoms with Gasteiger partial charge in [0, 0.05) is 6.42 Å². The van der Waals surface area contributed by atoms with Gasteiger partial charge in [0.25, 0.3) is 0 Å². The lowest BCUT2D eigenvalue weighted by Gasteiger charge is -2.39. The largest absolute Gasteiger partial charge is 0.417 e. The lowest BCUT2D eigenvalue weighted by molar-refractivity contribution is -0.137. The Labute approximate surface area is 178 Å². The van der Waals surface area contributed by atoms with Gasteiger partial charge in [-0.25, -0.2) is 4.98 Å². The summed E-state index contributed by atoms with van der Waals surface area (Å²) in [6.45, 7) is 4.56. The molecule has 0 saturated heterocycles. The zero-order valence-corrected chi connectivity index (χ0v) is 17.5. The molecule has 1 saturated carbocycles. The number of hydrogen-bond donors (Lipinski definition) is 1. The van der Waals surface area contributed by atoms with Crippen molar-refractivity contribution in [3.05, 3.63) is 53.9 Å². The number of aromatic nitrogens is 2. The summed E-state index contributed by atoms with van der Waals surface area (Å²) in [5, 5.41) is 4.33. The molecule has 162 valence electrons. The molecule has 1 aliphatic heterocycles. The molecule has 0 unspecified atom stereocenters. The van der Waals surface area contributed by atoms with Gasteiger partial charge in [0.2, 0.25) is 0 Å². The van der Waals surface area contributed by atoms with E-state index < -0.39 is 11.7 Å². The van der Waals surface area contributed by atoms with Crippen molar-refractivity contribution in [2.75, 3.05) is 0 Å². The Kier molecular flexibility index (Phi) is 4.43. The highest BCUT2D eigenvalue weighted by molar-refractivity contribution is 6.01. The Morgan fingerprint density at radius 1 is 1.00 bits per heavy atom. The van der Waals surface area contributed by atoms with Crippen LogP contribution < -0.4 is 0 Å². The van der Waals surface area contributed by atoms with Crippen molar-refractivity contribution in [2.45, 2.75) is 57.7 Å². The normalized spacial score (nSPS) is 20.1. The molecule has 1 spiro atoms. The molecule has 31 heavy (non-hydrogen) atoms. The van der Waals surface area contributed by atoms with Crippen LogP contribution in [-0.4, -0.2) is 21.3 Å². The molecule has 2 aliphatic rings. The zero-order chi connectivity index (χ0) is 21.9. The van der Waals surface area contributed by atoms with Crippen molar-refractivity contribution in [1.82, 2.24) is 9.97 Å². The first-order chi connectivity index (χ1) is 14.6. The SMILES string of the molecule is CC1(C)CCC2(CC1)CC(c1nc3cc(-c4ccccc4C(F)(F)F)ccc3[nH]1)=NO2. The quantitative estimate of drug-likeness (QED) is 0.494. The van der Waals surface area contributed by atoms with E-state index in [1.54, 1.807) is 24.3 Å². The Morgan fingerprint density at radius 2 is 1.74 bits per heavy atom. The molecule has 2 heterocycles. The number of oxime groups is 1. The van der Waals surface area contributed by atoms with Crippen LogP contribution in [0.4, 0.5) is 13.2 Å². The van der Waals surface area contributed by atoms with Crippen molar-refractivity contribution in [2.24, 2.45) is 10.6 Å². The smallest absolute Gasteiger partial charge is 0.388 e. The minimum atomic E-state index is -4.42. The van der Waals surface area contributed by atoms with E-state index in [0.717, 1.165) is 43.0 Å². The first-order valence-corrected chi connectivity index (χ1v) is 10.6. The topological polar surface area (TPSA) is 50.3 Å². The van der Waals surface area contributed by atoms with E-state index in [1.165, 1.54) is 12.1 Å². The minimum absolute atomic E-state index is 0.145. The highest BCUT2D eigenvalue weighted by atomic mass is 19.4. The maximum absolute atomic E-state index is 13.4. The number of aromatic amines is 1. The second kappa shape index (κ2) is 6.84. The van der Waals surface area contributed by atoms with Gasteiger partial charge >= 0.3 is 6.18 Å². The van der Waals surface area contributed by atoms with E-state index in [4.69, 9.17) is 4.84 Å². The molecule has 1 N–H and O–H groups in total. The number of benzene rings is 2. The van der Waals surface area contributed by atoms with E-state index in [9.17, 15) is 13.2 Å². The second-order valence-electron chi connectivity index (χ2n) is 9.51. The van der Waals surface area contributed by atoms with Gasteiger partial charge in [-0.3, -0.25) is 0 Å². The molecule has 1 aromatic heterocycles.